The summed E-state index contributed by atoms with van der Waals surface area (Å²) in [6.45, 7) is 5.33. The van der Waals surface area contributed by atoms with Gasteiger partial charge in [-0.15, -0.1) is 0 Å². The van der Waals surface area contributed by atoms with Gasteiger partial charge in [-0.1, -0.05) is 0 Å². The van der Waals surface area contributed by atoms with Gasteiger partial charge in [-0.05, 0) is 30.2 Å². The standard InChI is InChI=1S/C15H18FN3O/c1-12(20)19-4-2-3-18(5-6-19)11-14-7-13(10-17)8-15(16)9-14/h7-9H,2-6,11H2,1H3. The molecule has 2 rings (SSSR count). The predicted octanol–water partition coefficient (Wildman–Crippen LogP) is 1.75. The highest BCUT2D eigenvalue weighted by Gasteiger charge is 2.16. The molecule has 0 radical (unpaired) electrons. The molecule has 1 aromatic carbocycles. The van der Waals surface area contributed by atoms with E-state index in [1.54, 1.807) is 13.0 Å². The fraction of sp³-hybridized carbons (Fsp3) is 0.467. The van der Waals surface area contributed by atoms with Crippen LogP contribution in [0.1, 0.15) is 24.5 Å². The van der Waals surface area contributed by atoms with E-state index in [0.29, 0.717) is 18.7 Å². The third-order valence-electron chi connectivity index (χ3n) is 3.53. The number of carbonyl (C=O) groups excluding carboxylic acids is 1. The fourth-order valence-corrected chi connectivity index (χ4v) is 2.51. The lowest BCUT2D eigenvalue weighted by atomic mass is 10.1. The van der Waals surface area contributed by atoms with Gasteiger partial charge in [-0.3, -0.25) is 9.69 Å². The fourth-order valence-electron chi connectivity index (χ4n) is 2.51. The summed E-state index contributed by atoms with van der Waals surface area (Å²) in [5.74, 6) is -0.274. The second-order valence-electron chi connectivity index (χ2n) is 5.10. The number of halogens is 1. The lowest BCUT2D eigenvalue weighted by Gasteiger charge is -2.21. The van der Waals surface area contributed by atoms with Gasteiger partial charge in [-0.2, -0.15) is 5.26 Å². The Labute approximate surface area is 118 Å². The zero-order valence-electron chi connectivity index (χ0n) is 11.6. The number of benzene rings is 1. The Balaban J connectivity index is 2.02. The van der Waals surface area contributed by atoms with Crippen LogP contribution in [0.3, 0.4) is 0 Å². The molecule has 5 heteroatoms. The number of amides is 1. The van der Waals surface area contributed by atoms with E-state index in [0.717, 1.165) is 31.6 Å². The maximum absolute atomic E-state index is 13.4. The number of rotatable bonds is 2. The second-order valence-corrected chi connectivity index (χ2v) is 5.10. The van der Waals surface area contributed by atoms with Crippen molar-refractivity contribution in [3.63, 3.8) is 0 Å². The Bertz CT molecular complexity index is 538. The molecular weight excluding hydrogens is 257 g/mol. The first kappa shape index (κ1) is 14.5. The highest BCUT2D eigenvalue weighted by molar-refractivity contribution is 5.73. The SMILES string of the molecule is CC(=O)N1CCCN(Cc2cc(F)cc(C#N)c2)CC1. The van der Waals surface area contributed by atoms with Crippen LogP contribution in [0, 0.1) is 17.1 Å². The quantitative estimate of drug-likeness (QED) is 0.826. The van der Waals surface area contributed by atoms with Gasteiger partial charge in [-0.25, -0.2) is 4.39 Å². The third kappa shape index (κ3) is 3.78. The van der Waals surface area contributed by atoms with Crippen LogP contribution in [0.15, 0.2) is 18.2 Å². The molecule has 1 fully saturated rings. The molecule has 4 nitrogen and oxygen atoms in total. The molecule has 1 aliphatic heterocycles. The summed E-state index contributed by atoms with van der Waals surface area (Å²) in [7, 11) is 0. The van der Waals surface area contributed by atoms with E-state index in [1.807, 2.05) is 11.0 Å². The highest BCUT2D eigenvalue weighted by atomic mass is 19.1. The average molecular weight is 275 g/mol. The van der Waals surface area contributed by atoms with Crippen LogP contribution in [-0.4, -0.2) is 41.9 Å². The van der Waals surface area contributed by atoms with Gasteiger partial charge >= 0.3 is 0 Å². The number of hydrogen-bond acceptors (Lipinski definition) is 3. The van der Waals surface area contributed by atoms with E-state index in [9.17, 15) is 9.18 Å². The molecule has 1 saturated heterocycles. The minimum atomic E-state index is -0.376. The Morgan fingerprint density at radius 1 is 1.30 bits per heavy atom. The van der Waals surface area contributed by atoms with Crippen molar-refractivity contribution in [3.05, 3.63) is 35.1 Å². The van der Waals surface area contributed by atoms with E-state index in [-0.39, 0.29) is 11.7 Å². The molecule has 0 bridgehead atoms. The molecule has 20 heavy (non-hydrogen) atoms. The van der Waals surface area contributed by atoms with Crippen LogP contribution in [0.4, 0.5) is 4.39 Å². The van der Waals surface area contributed by atoms with Crippen LogP contribution >= 0.6 is 0 Å². The predicted molar refractivity (Wildman–Crippen MR) is 73.3 cm³/mol. The van der Waals surface area contributed by atoms with Gasteiger partial charge in [0.15, 0.2) is 0 Å². The maximum Gasteiger partial charge on any atom is 0.219 e. The number of nitrogens with zero attached hydrogens (tertiary/aromatic N) is 3. The Hall–Kier alpha value is -1.93. The second kappa shape index (κ2) is 6.49. The van der Waals surface area contributed by atoms with Crippen LogP contribution in [0.5, 0.6) is 0 Å². The molecule has 1 aliphatic rings. The van der Waals surface area contributed by atoms with Crippen molar-refractivity contribution in [1.82, 2.24) is 9.80 Å². The van der Waals surface area contributed by atoms with Crippen LogP contribution in [-0.2, 0) is 11.3 Å². The number of carbonyl (C=O) groups is 1. The first-order chi connectivity index (χ1) is 9.58. The summed E-state index contributed by atoms with van der Waals surface area (Å²) in [5.41, 5.74) is 1.15. The minimum Gasteiger partial charge on any atom is -0.342 e. The van der Waals surface area contributed by atoms with Crippen molar-refractivity contribution in [3.8, 4) is 6.07 Å². The average Bonchev–Trinajstić information content (AvgIpc) is 2.63. The molecule has 0 atom stereocenters. The van der Waals surface area contributed by atoms with Gasteiger partial charge in [0.1, 0.15) is 5.82 Å². The van der Waals surface area contributed by atoms with Gasteiger partial charge in [0.2, 0.25) is 5.91 Å². The molecule has 0 saturated carbocycles. The highest BCUT2D eigenvalue weighted by Crippen LogP contribution is 2.13. The van der Waals surface area contributed by atoms with Gasteiger partial charge in [0.05, 0.1) is 11.6 Å². The van der Waals surface area contributed by atoms with Gasteiger partial charge in [0, 0.05) is 39.6 Å². The zero-order chi connectivity index (χ0) is 14.5. The van der Waals surface area contributed by atoms with Crippen molar-refractivity contribution >= 4 is 5.91 Å². The van der Waals surface area contributed by atoms with Crippen LogP contribution in [0.25, 0.3) is 0 Å². The van der Waals surface area contributed by atoms with Crippen LogP contribution in [0.2, 0.25) is 0 Å². The van der Waals surface area contributed by atoms with E-state index in [4.69, 9.17) is 5.26 Å². The van der Waals surface area contributed by atoms with Gasteiger partial charge in [0.25, 0.3) is 0 Å². The molecule has 1 aromatic rings. The summed E-state index contributed by atoms with van der Waals surface area (Å²) < 4.78 is 13.4. The van der Waals surface area contributed by atoms with Crippen LogP contribution < -0.4 is 0 Å². The van der Waals surface area contributed by atoms with Crippen molar-refractivity contribution in [2.75, 3.05) is 26.2 Å². The van der Waals surface area contributed by atoms with Crippen molar-refractivity contribution < 1.29 is 9.18 Å². The van der Waals surface area contributed by atoms with E-state index in [1.165, 1.54) is 12.1 Å². The topological polar surface area (TPSA) is 47.3 Å². The summed E-state index contributed by atoms with van der Waals surface area (Å²) in [4.78, 5) is 15.4. The molecule has 0 aromatic heterocycles. The number of nitriles is 1. The largest absolute Gasteiger partial charge is 0.342 e. The normalized spacial score (nSPS) is 16.6. The first-order valence-electron chi connectivity index (χ1n) is 6.76. The van der Waals surface area contributed by atoms with E-state index >= 15 is 0 Å². The molecule has 0 spiro atoms. The summed E-state index contributed by atoms with van der Waals surface area (Å²) in [6.07, 6.45) is 0.917. The molecule has 106 valence electrons. The molecule has 0 aliphatic carbocycles. The Kier molecular flexibility index (Phi) is 4.70. The Morgan fingerprint density at radius 3 is 2.80 bits per heavy atom. The first-order valence-corrected chi connectivity index (χ1v) is 6.76. The molecule has 0 unspecified atom stereocenters. The monoisotopic (exact) mass is 275 g/mol. The summed E-state index contributed by atoms with van der Waals surface area (Å²) >= 11 is 0. The van der Waals surface area contributed by atoms with Gasteiger partial charge < -0.3 is 4.90 Å². The smallest absolute Gasteiger partial charge is 0.219 e. The molecular formula is C15H18FN3O. The lowest BCUT2D eigenvalue weighted by molar-refractivity contribution is -0.128. The summed E-state index contributed by atoms with van der Waals surface area (Å²) in [5, 5.41) is 8.86. The minimum absolute atomic E-state index is 0.101. The zero-order valence-corrected chi connectivity index (χ0v) is 11.6. The summed E-state index contributed by atoms with van der Waals surface area (Å²) in [6, 6.07) is 6.39. The molecule has 1 amide bonds. The van der Waals surface area contributed by atoms with Crippen molar-refractivity contribution in [1.29, 1.82) is 5.26 Å². The van der Waals surface area contributed by atoms with Crippen molar-refractivity contribution in [2.45, 2.75) is 19.9 Å². The van der Waals surface area contributed by atoms with Crippen molar-refractivity contribution in [2.24, 2.45) is 0 Å². The Morgan fingerprint density at radius 2 is 2.10 bits per heavy atom. The number of hydrogen-bond donors (Lipinski definition) is 0. The lowest BCUT2D eigenvalue weighted by Crippen LogP contribution is -2.33. The third-order valence-corrected chi connectivity index (χ3v) is 3.53. The van der Waals surface area contributed by atoms with E-state index < -0.39 is 0 Å². The van der Waals surface area contributed by atoms with E-state index in [2.05, 4.69) is 4.90 Å². The molecule has 1 heterocycles. The maximum atomic E-state index is 13.4. The molecule has 0 N–H and O–H groups in total.